The normalized spacial score (nSPS) is 15.5. The van der Waals surface area contributed by atoms with Gasteiger partial charge in [-0.1, -0.05) is 30.3 Å². The monoisotopic (exact) mass is 489 g/mol. The molecule has 7 nitrogen and oxygen atoms in total. The first-order chi connectivity index (χ1) is 17.1. The second-order valence-corrected chi connectivity index (χ2v) is 8.67. The Balaban J connectivity index is 1.51. The van der Waals surface area contributed by atoms with Gasteiger partial charge in [0.2, 0.25) is 5.89 Å². The van der Waals surface area contributed by atoms with E-state index < -0.39 is 0 Å². The predicted octanol–water partition coefficient (Wildman–Crippen LogP) is 5.50. The van der Waals surface area contributed by atoms with E-state index in [-0.39, 0.29) is 6.04 Å². The predicted molar refractivity (Wildman–Crippen MR) is 136 cm³/mol. The van der Waals surface area contributed by atoms with E-state index in [9.17, 15) is 0 Å². The summed E-state index contributed by atoms with van der Waals surface area (Å²) in [6.07, 6.45) is 0.871. The van der Waals surface area contributed by atoms with Crippen LogP contribution in [-0.4, -0.2) is 42.6 Å². The van der Waals surface area contributed by atoms with Crippen molar-refractivity contribution in [2.24, 2.45) is 0 Å². The summed E-state index contributed by atoms with van der Waals surface area (Å²) in [7, 11) is 4.97. The molecule has 0 radical (unpaired) electrons. The number of aromatic nitrogens is 2. The zero-order valence-electron chi connectivity index (χ0n) is 19.9. The SMILES string of the molecule is COc1ccc(-c2nn(CN3CCc4cc(OC)c(OC)cc4[C@H]3c3ccccc3)c(=S)o2)cc1. The zero-order valence-corrected chi connectivity index (χ0v) is 20.7. The second-order valence-electron chi connectivity index (χ2n) is 8.32. The maximum Gasteiger partial charge on any atom is 0.288 e. The van der Waals surface area contributed by atoms with Crippen molar-refractivity contribution in [3.8, 4) is 28.7 Å². The lowest BCUT2D eigenvalue weighted by molar-refractivity contribution is 0.153. The van der Waals surface area contributed by atoms with Crippen LogP contribution in [0.1, 0.15) is 22.7 Å². The summed E-state index contributed by atoms with van der Waals surface area (Å²) in [6.45, 7) is 1.32. The van der Waals surface area contributed by atoms with Crippen molar-refractivity contribution in [3.63, 3.8) is 0 Å². The Bertz CT molecular complexity index is 1370. The Hall–Kier alpha value is -3.62. The lowest BCUT2D eigenvalue weighted by atomic mass is 9.88. The first-order valence-electron chi connectivity index (χ1n) is 11.4. The van der Waals surface area contributed by atoms with Crippen LogP contribution in [0, 0.1) is 4.84 Å². The molecular formula is C27H27N3O4S. The van der Waals surface area contributed by atoms with Gasteiger partial charge in [0, 0.05) is 12.1 Å². The van der Waals surface area contributed by atoms with Gasteiger partial charge >= 0.3 is 0 Å². The topological polar surface area (TPSA) is 61.9 Å². The second kappa shape index (κ2) is 9.93. The molecule has 0 unspecified atom stereocenters. The van der Waals surface area contributed by atoms with E-state index in [0.29, 0.717) is 23.1 Å². The maximum absolute atomic E-state index is 5.86. The van der Waals surface area contributed by atoms with Crippen molar-refractivity contribution in [1.29, 1.82) is 0 Å². The van der Waals surface area contributed by atoms with Crippen LogP contribution in [0.4, 0.5) is 0 Å². The highest BCUT2D eigenvalue weighted by molar-refractivity contribution is 7.71. The van der Waals surface area contributed by atoms with E-state index in [0.717, 1.165) is 30.0 Å². The molecule has 0 bridgehead atoms. The molecule has 2 heterocycles. The summed E-state index contributed by atoms with van der Waals surface area (Å²) in [6, 6.07) is 22.2. The molecule has 0 fully saturated rings. The average Bonchev–Trinajstić information content (AvgIpc) is 3.28. The number of ether oxygens (including phenoxy) is 3. The molecule has 0 saturated heterocycles. The first kappa shape index (κ1) is 23.1. The third-order valence-electron chi connectivity index (χ3n) is 6.35. The van der Waals surface area contributed by atoms with Crippen LogP contribution in [-0.2, 0) is 13.1 Å². The smallest absolute Gasteiger partial charge is 0.288 e. The summed E-state index contributed by atoms with van der Waals surface area (Å²) >= 11 is 5.54. The molecule has 1 aromatic heterocycles. The summed E-state index contributed by atoms with van der Waals surface area (Å²) in [4.78, 5) is 2.69. The van der Waals surface area contributed by atoms with Crippen LogP contribution in [0.5, 0.6) is 17.2 Å². The van der Waals surface area contributed by atoms with Crippen LogP contribution in [0.25, 0.3) is 11.5 Å². The van der Waals surface area contributed by atoms with Crippen LogP contribution in [0.3, 0.4) is 0 Å². The maximum atomic E-state index is 5.86. The molecular weight excluding hydrogens is 462 g/mol. The van der Waals surface area contributed by atoms with E-state index >= 15 is 0 Å². The number of hydrogen-bond acceptors (Lipinski definition) is 7. The van der Waals surface area contributed by atoms with Gasteiger partial charge in [-0.3, -0.25) is 4.90 Å². The minimum atomic E-state index is 0.00259. The molecule has 0 N–H and O–H groups in total. The largest absolute Gasteiger partial charge is 0.497 e. The number of nitrogens with zero attached hydrogens (tertiary/aromatic N) is 3. The van der Waals surface area contributed by atoms with Gasteiger partial charge < -0.3 is 18.6 Å². The fourth-order valence-electron chi connectivity index (χ4n) is 4.59. The van der Waals surface area contributed by atoms with Gasteiger partial charge in [0.25, 0.3) is 4.84 Å². The van der Waals surface area contributed by atoms with Gasteiger partial charge in [-0.05, 0) is 71.7 Å². The van der Waals surface area contributed by atoms with Crippen molar-refractivity contribution < 1.29 is 18.6 Å². The Morgan fingerprint density at radius 2 is 1.66 bits per heavy atom. The van der Waals surface area contributed by atoms with Gasteiger partial charge in [0.05, 0.1) is 34.0 Å². The first-order valence-corrected chi connectivity index (χ1v) is 11.8. The van der Waals surface area contributed by atoms with Crippen LogP contribution < -0.4 is 14.2 Å². The summed E-state index contributed by atoms with van der Waals surface area (Å²) < 4.78 is 24.0. The molecule has 0 spiro atoms. The van der Waals surface area contributed by atoms with Crippen molar-refractivity contribution in [3.05, 3.63) is 88.3 Å². The quantitative estimate of drug-likeness (QED) is 0.318. The van der Waals surface area contributed by atoms with Crippen molar-refractivity contribution in [2.45, 2.75) is 19.1 Å². The van der Waals surface area contributed by atoms with E-state index in [1.807, 2.05) is 30.3 Å². The van der Waals surface area contributed by atoms with Crippen molar-refractivity contribution in [2.75, 3.05) is 27.9 Å². The van der Waals surface area contributed by atoms with Gasteiger partial charge in [-0.25, -0.2) is 4.68 Å². The van der Waals surface area contributed by atoms with E-state index in [2.05, 4.69) is 41.3 Å². The van der Waals surface area contributed by atoms with Crippen LogP contribution in [0.2, 0.25) is 0 Å². The molecule has 1 aliphatic rings. The molecule has 0 amide bonds. The average molecular weight is 490 g/mol. The zero-order chi connectivity index (χ0) is 24.4. The Morgan fingerprint density at radius 3 is 2.34 bits per heavy atom. The molecule has 3 aromatic carbocycles. The number of hydrogen-bond donors (Lipinski definition) is 0. The number of fused-ring (bicyclic) bond motifs is 1. The molecule has 0 aliphatic carbocycles. The van der Waals surface area contributed by atoms with Crippen LogP contribution in [0.15, 0.2) is 71.1 Å². The van der Waals surface area contributed by atoms with E-state index in [1.165, 1.54) is 16.7 Å². The molecule has 4 aromatic rings. The lowest BCUT2D eigenvalue weighted by Crippen LogP contribution is -2.37. The number of benzene rings is 3. The van der Waals surface area contributed by atoms with Gasteiger partial charge in [0.15, 0.2) is 11.5 Å². The van der Waals surface area contributed by atoms with E-state index in [4.69, 9.17) is 35.9 Å². The Morgan fingerprint density at radius 1 is 0.943 bits per heavy atom. The molecule has 8 heteroatoms. The van der Waals surface area contributed by atoms with Crippen LogP contribution >= 0.6 is 12.2 Å². The summed E-state index contributed by atoms with van der Waals surface area (Å²) in [5.74, 6) is 2.72. The van der Waals surface area contributed by atoms with E-state index in [1.54, 1.807) is 26.0 Å². The Kier molecular flexibility index (Phi) is 6.57. The van der Waals surface area contributed by atoms with Gasteiger partial charge in [0.1, 0.15) is 5.75 Å². The fraction of sp³-hybridized carbons (Fsp3) is 0.259. The molecule has 35 heavy (non-hydrogen) atoms. The highest BCUT2D eigenvalue weighted by atomic mass is 32.1. The Labute approximate surface area is 209 Å². The highest BCUT2D eigenvalue weighted by Gasteiger charge is 2.31. The van der Waals surface area contributed by atoms with Crippen molar-refractivity contribution >= 4 is 12.2 Å². The molecule has 0 saturated carbocycles. The minimum absolute atomic E-state index is 0.00259. The summed E-state index contributed by atoms with van der Waals surface area (Å²) in [5, 5.41) is 4.69. The fourth-order valence-corrected chi connectivity index (χ4v) is 4.77. The van der Waals surface area contributed by atoms with Gasteiger partial charge in [-0.15, -0.1) is 5.10 Å². The number of rotatable bonds is 7. The minimum Gasteiger partial charge on any atom is -0.497 e. The summed E-state index contributed by atoms with van der Waals surface area (Å²) in [5.41, 5.74) is 4.46. The molecule has 1 atom stereocenters. The molecule has 1 aliphatic heterocycles. The molecule has 180 valence electrons. The van der Waals surface area contributed by atoms with Gasteiger partial charge in [-0.2, -0.15) is 0 Å². The third-order valence-corrected chi connectivity index (χ3v) is 6.64. The highest BCUT2D eigenvalue weighted by Crippen LogP contribution is 2.41. The number of methoxy groups -OCH3 is 3. The third kappa shape index (κ3) is 4.54. The van der Waals surface area contributed by atoms with Crippen molar-refractivity contribution in [1.82, 2.24) is 14.7 Å². The lowest BCUT2D eigenvalue weighted by Gasteiger charge is -2.37. The standard InChI is InChI=1S/C27H27N3O4S/c1-31-21-11-9-19(10-12-21)26-28-30(27(35)34-26)17-29-14-13-20-15-23(32-2)24(33-3)16-22(20)25(29)18-7-5-4-6-8-18/h4-12,15-16,25H,13-14,17H2,1-3H3/t25-/m1/s1. The molecule has 5 rings (SSSR count).